The second-order valence-electron chi connectivity index (χ2n) is 7.13. The van der Waals surface area contributed by atoms with E-state index in [4.69, 9.17) is 0 Å². The SMILES string of the molecule is CCC[N+](C)(CCC)CCC(O)(c1ccccc1)c1ccccc1.[I-]. The van der Waals surface area contributed by atoms with E-state index < -0.39 is 5.60 Å². The van der Waals surface area contributed by atoms with E-state index >= 15 is 0 Å². The van der Waals surface area contributed by atoms with Crippen molar-refractivity contribution < 1.29 is 33.6 Å². The number of halogens is 1. The molecule has 0 unspecified atom stereocenters. The molecule has 25 heavy (non-hydrogen) atoms. The highest BCUT2D eigenvalue weighted by molar-refractivity contribution is 5.35. The summed E-state index contributed by atoms with van der Waals surface area (Å²) in [6, 6.07) is 20.2. The third-order valence-electron chi connectivity index (χ3n) is 5.04. The Morgan fingerprint density at radius 2 is 1.16 bits per heavy atom. The van der Waals surface area contributed by atoms with Crippen molar-refractivity contribution in [3.8, 4) is 0 Å². The fourth-order valence-corrected chi connectivity index (χ4v) is 3.73. The summed E-state index contributed by atoms with van der Waals surface area (Å²) in [6.45, 7) is 7.78. The number of hydrogen-bond acceptors (Lipinski definition) is 1. The van der Waals surface area contributed by atoms with Crippen LogP contribution in [0.2, 0.25) is 0 Å². The van der Waals surface area contributed by atoms with Gasteiger partial charge in [0, 0.05) is 6.42 Å². The maximum Gasteiger partial charge on any atom is 0.120 e. The molecule has 2 nitrogen and oxygen atoms in total. The Morgan fingerprint density at radius 1 is 0.760 bits per heavy atom. The molecule has 0 aliphatic carbocycles. The number of quaternary nitrogens is 1. The summed E-state index contributed by atoms with van der Waals surface area (Å²) in [5.41, 5.74) is 1.04. The van der Waals surface area contributed by atoms with Gasteiger partial charge < -0.3 is 33.6 Å². The van der Waals surface area contributed by atoms with Gasteiger partial charge in [0.2, 0.25) is 0 Å². The number of benzene rings is 2. The Hall–Kier alpha value is -0.910. The van der Waals surface area contributed by atoms with Gasteiger partial charge in [0.05, 0.1) is 26.7 Å². The third-order valence-corrected chi connectivity index (χ3v) is 5.04. The lowest BCUT2D eigenvalue weighted by molar-refractivity contribution is -0.910. The van der Waals surface area contributed by atoms with Crippen molar-refractivity contribution in [3.05, 3.63) is 71.8 Å². The molecule has 0 aliphatic heterocycles. The van der Waals surface area contributed by atoms with Gasteiger partial charge >= 0.3 is 0 Å². The molecule has 0 radical (unpaired) electrons. The van der Waals surface area contributed by atoms with Crippen LogP contribution in [-0.2, 0) is 5.60 Å². The molecule has 0 aliphatic rings. The van der Waals surface area contributed by atoms with Crippen LogP contribution in [0.3, 0.4) is 0 Å². The first-order chi connectivity index (χ1) is 11.5. The molecule has 0 saturated heterocycles. The number of hydrogen-bond donors (Lipinski definition) is 1. The zero-order valence-electron chi connectivity index (χ0n) is 15.8. The molecule has 0 aromatic heterocycles. The van der Waals surface area contributed by atoms with Crippen molar-refractivity contribution in [2.45, 2.75) is 38.7 Å². The molecular weight excluding hydrogens is 421 g/mol. The van der Waals surface area contributed by atoms with Crippen molar-refractivity contribution in [3.63, 3.8) is 0 Å². The molecule has 0 amide bonds. The van der Waals surface area contributed by atoms with Crippen molar-refractivity contribution in [2.24, 2.45) is 0 Å². The van der Waals surface area contributed by atoms with E-state index in [2.05, 4.69) is 20.9 Å². The fraction of sp³-hybridized carbons (Fsp3) is 0.455. The second-order valence-corrected chi connectivity index (χ2v) is 7.13. The van der Waals surface area contributed by atoms with Crippen LogP contribution in [0, 0.1) is 0 Å². The molecule has 2 aromatic carbocycles. The van der Waals surface area contributed by atoms with Crippen LogP contribution in [0.1, 0.15) is 44.2 Å². The molecule has 0 spiro atoms. The van der Waals surface area contributed by atoms with Crippen LogP contribution in [0.5, 0.6) is 0 Å². The molecule has 0 bridgehead atoms. The molecule has 0 heterocycles. The highest BCUT2D eigenvalue weighted by atomic mass is 127. The minimum Gasteiger partial charge on any atom is -1.00 e. The fourth-order valence-electron chi connectivity index (χ4n) is 3.73. The molecule has 0 saturated carbocycles. The molecule has 138 valence electrons. The van der Waals surface area contributed by atoms with Crippen LogP contribution in [0.4, 0.5) is 0 Å². The van der Waals surface area contributed by atoms with Crippen LogP contribution < -0.4 is 24.0 Å². The topological polar surface area (TPSA) is 20.2 Å². The first kappa shape index (κ1) is 22.1. The minimum absolute atomic E-state index is 0. The summed E-state index contributed by atoms with van der Waals surface area (Å²) < 4.78 is 1.02. The zero-order valence-corrected chi connectivity index (χ0v) is 17.9. The van der Waals surface area contributed by atoms with Gasteiger partial charge in [-0.1, -0.05) is 74.5 Å². The Bertz CT molecular complexity index is 554. The van der Waals surface area contributed by atoms with Crippen LogP contribution >= 0.6 is 0 Å². The predicted molar refractivity (Wildman–Crippen MR) is 102 cm³/mol. The zero-order chi connectivity index (χ0) is 17.5. The van der Waals surface area contributed by atoms with E-state index in [9.17, 15) is 5.11 Å². The highest BCUT2D eigenvalue weighted by Crippen LogP contribution is 2.33. The normalized spacial score (nSPS) is 11.8. The Morgan fingerprint density at radius 3 is 1.52 bits per heavy atom. The van der Waals surface area contributed by atoms with E-state index in [-0.39, 0.29) is 24.0 Å². The maximum absolute atomic E-state index is 11.6. The van der Waals surface area contributed by atoms with Gasteiger partial charge in [-0.3, -0.25) is 0 Å². The van der Waals surface area contributed by atoms with Gasteiger partial charge in [-0.15, -0.1) is 0 Å². The van der Waals surface area contributed by atoms with Crippen molar-refractivity contribution in [1.29, 1.82) is 0 Å². The first-order valence-corrected chi connectivity index (χ1v) is 9.21. The van der Waals surface area contributed by atoms with Crippen molar-refractivity contribution in [1.82, 2.24) is 0 Å². The lowest BCUT2D eigenvalue weighted by Gasteiger charge is -2.38. The first-order valence-electron chi connectivity index (χ1n) is 9.21. The summed E-state index contributed by atoms with van der Waals surface area (Å²) in [5, 5.41) is 11.6. The summed E-state index contributed by atoms with van der Waals surface area (Å²) >= 11 is 0. The standard InChI is InChI=1S/C22H32NO.HI/c1-4-17-23(3,18-5-2)19-16-22(24,20-12-8-6-9-13-20)21-14-10-7-11-15-21;/h6-15,24H,4-5,16-19H2,1-3H3;1H/q+1;/p-1. The average molecular weight is 453 g/mol. The van der Waals surface area contributed by atoms with Crippen molar-refractivity contribution >= 4 is 0 Å². The van der Waals surface area contributed by atoms with Gasteiger partial charge in [0.15, 0.2) is 0 Å². The average Bonchev–Trinajstić information content (AvgIpc) is 2.62. The van der Waals surface area contributed by atoms with Crippen LogP contribution in [0.25, 0.3) is 0 Å². The van der Waals surface area contributed by atoms with E-state index in [1.165, 1.54) is 12.8 Å². The Kier molecular flexibility index (Phi) is 9.11. The molecule has 0 atom stereocenters. The summed E-state index contributed by atoms with van der Waals surface area (Å²) in [5.74, 6) is 0. The Labute approximate surface area is 170 Å². The largest absolute Gasteiger partial charge is 1.00 e. The molecule has 2 aromatic rings. The number of aliphatic hydroxyl groups is 1. The molecule has 2 rings (SSSR count). The summed E-state index contributed by atoms with van der Waals surface area (Å²) in [6.07, 6.45) is 3.08. The van der Waals surface area contributed by atoms with E-state index in [1.54, 1.807) is 0 Å². The van der Waals surface area contributed by atoms with Gasteiger partial charge in [-0.25, -0.2) is 0 Å². The number of nitrogens with zero attached hydrogens (tertiary/aromatic N) is 1. The van der Waals surface area contributed by atoms with Gasteiger partial charge in [-0.05, 0) is 24.0 Å². The van der Waals surface area contributed by atoms with Crippen LogP contribution in [0.15, 0.2) is 60.7 Å². The summed E-state index contributed by atoms with van der Waals surface area (Å²) in [4.78, 5) is 0. The molecule has 0 fully saturated rings. The predicted octanol–water partition coefficient (Wildman–Crippen LogP) is 1.58. The van der Waals surface area contributed by atoms with E-state index in [1.807, 2.05) is 60.7 Å². The maximum atomic E-state index is 11.6. The third kappa shape index (κ3) is 5.80. The lowest BCUT2D eigenvalue weighted by atomic mass is 9.83. The lowest BCUT2D eigenvalue weighted by Crippen LogP contribution is -3.00. The molecule has 3 heteroatoms. The summed E-state index contributed by atoms with van der Waals surface area (Å²) in [7, 11) is 2.32. The highest BCUT2D eigenvalue weighted by Gasteiger charge is 2.34. The molecular formula is C22H32INO. The van der Waals surface area contributed by atoms with E-state index in [0.29, 0.717) is 0 Å². The Balaban J connectivity index is 0.00000312. The van der Waals surface area contributed by atoms with Gasteiger partial charge in [0.25, 0.3) is 0 Å². The van der Waals surface area contributed by atoms with Gasteiger partial charge in [0.1, 0.15) is 5.60 Å². The second kappa shape index (κ2) is 10.3. The molecule has 1 N–H and O–H groups in total. The van der Waals surface area contributed by atoms with Gasteiger partial charge in [-0.2, -0.15) is 0 Å². The monoisotopic (exact) mass is 453 g/mol. The smallest absolute Gasteiger partial charge is 0.120 e. The number of rotatable bonds is 9. The quantitative estimate of drug-likeness (QED) is 0.452. The van der Waals surface area contributed by atoms with Crippen molar-refractivity contribution in [2.75, 3.05) is 26.7 Å². The van der Waals surface area contributed by atoms with Crippen LogP contribution in [-0.4, -0.2) is 36.3 Å². The van der Waals surface area contributed by atoms with E-state index in [0.717, 1.165) is 41.7 Å². The minimum atomic E-state index is -0.927.